The van der Waals surface area contributed by atoms with E-state index in [2.05, 4.69) is 15.5 Å². The summed E-state index contributed by atoms with van der Waals surface area (Å²) in [6, 6.07) is 6.19. The van der Waals surface area contributed by atoms with Crippen molar-refractivity contribution in [1.29, 1.82) is 0 Å². The Morgan fingerprint density at radius 2 is 1.92 bits per heavy atom. The number of anilines is 1. The molecule has 0 aliphatic heterocycles. The molecule has 0 aliphatic rings. The van der Waals surface area contributed by atoms with Crippen LogP contribution in [0.4, 0.5) is 10.1 Å². The van der Waals surface area contributed by atoms with Gasteiger partial charge in [0, 0.05) is 12.4 Å². The monoisotopic (exact) mass is 361 g/mol. The van der Waals surface area contributed by atoms with Crippen molar-refractivity contribution >= 4 is 23.2 Å². The minimum atomic E-state index is -0.911. The molecule has 0 spiro atoms. The summed E-state index contributed by atoms with van der Waals surface area (Å²) in [7, 11) is 0. The number of nitrogens with zero attached hydrogens (tertiary/aromatic N) is 4. The normalized spacial score (nSPS) is 11.5. The van der Waals surface area contributed by atoms with Crippen LogP contribution in [0.1, 0.15) is 19.4 Å². The minimum Gasteiger partial charge on any atom is -0.321 e. The molecule has 0 bridgehead atoms. The Bertz CT molecular complexity index is 885. The second-order valence-corrected chi connectivity index (χ2v) is 6.61. The number of hydrogen-bond donors (Lipinski definition) is 1. The van der Waals surface area contributed by atoms with Gasteiger partial charge >= 0.3 is 0 Å². The molecule has 1 amide bonds. The number of nitrogens with one attached hydrogen (secondary N) is 1. The molecule has 1 aromatic carbocycles. The Labute approximate surface area is 149 Å². The quantitative estimate of drug-likeness (QED) is 0.758. The minimum absolute atomic E-state index is 0.242. The molecule has 0 unspecified atom stereocenters. The topological polar surface area (TPSA) is 64.7 Å². The number of rotatable bonds is 5. The number of carbonyl (C=O) groups excluding carboxylic acids is 1. The van der Waals surface area contributed by atoms with Gasteiger partial charge in [0.1, 0.15) is 11.4 Å². The standard InChI is InChI=1S/C17H17ClFN5O/c1-17(2,24-10-13(18)7-21-24)16(25)22-15-8-20-23(11-15)9-12-3-5-14(19)6-4-12/h3-8,10-11H,9H2,1-2H3,(H,22,25). The van der Waals surface area contributed by atoms with Crippen LogP contribution in [0, 0.1) is 5.82 Å². The van der Waals surface area contributed by atoms with Gasteiger partial charge in [-0.15, -0.1) is 0 Å². The molecule has 0 saturated carbocycles. The lowest BCUT2D eigenvalue weighted by Crippen LogP contribution is -2.40. The average molecular weight is 362 g/mol. The highest BCUT2D eigenvalue weighted by molar-refractivity contribution is 6.30. The van der Waals surface area contributed by atoms with Gasteiger partial charge in [-0.25, -0.2) is 4.39 Å². The van der Waals surface area contributed by atoms with Crippen LogP contribution >= 0.6 is 11.6 Å². The molecule has 3 aromatic rings. The maximum Gasteiger partial charge on any atom is 0.251 e. The average Bonchev–Trinajstić information content (AvgIpc) is 3.19. The third kappa shape index (κ3) is 3.88. The van der Waals surface area contributed by atoms with E-state index >= 15 is 0 Å². The van der Waals surface area contributed by atoms with Gasteiger partial charge in [0.25, 0.3) is 5.91 Å². The van der Waals surface area contributed by atoms with Gasteiger partial charge in [0.15, 0.2) is 0 Å². The molecule has 0 saturated heterocycles. The Kier molecular flexibility index (Phi) is 4.59. The molecule has 0 fully saturated rings. The van der Waals surface area contributed by atoms with E-state index in [-0.39, 0.29) is 11.7 Å². The van der Waals surface area contributed by atoms with Crippen molar-refractivity contribution in [2.24, 2.45) is 0 Å². The van der Waals surface area contributed by atoms with Gasteiger partial charge in [0.2, 0.25) is 0 Å². The molecule has 1 N–H and O–H groups in total. The molecule has 2 aromatic heterocycles. The molecule has 0 atom stereocenters. The SMILES string of the molecule is CC(C)(C(=O)Nc1cnn(Cc2ccc(F)cc2)c1)n1cc(Cl)cn1. The first-order valence-corrected chi connectivity index (χ1v) is 8.01. The molecule has 2 heterocycles. The maximum absolute atomic E-state index is 12.9. The van der Waals surface area contributed by atoms with Crippen molar-refractivity contribution in [1.82, 2.24) is 19.6 Å². The third-order valence-corrected chi connectivity index (χ3v) is 4.02. The Morgan fingerprint density at radius 1 is 1.20 bits per heavy atom. The zero-order valence-electron chi connectivity index (χ0n) is 13.8. The lowest BCUT2D eigenvalue weighted by molar-refractivity contribution is -0.123. The van der Waals surface area contributed by atoms with Crippen LogP contribution in [0.3, 0.4) is 0 Å². The van der Waals surface area contributed by atoms with E-state index in [0.717, 1.165) is 5.56 Å². The number of halogens is 2. The van der Waals surface area contributed by atoms with Crippen molar-refractivity contribution in [3.8, 4) is 0 Å². The van der Waals surface area contributed by atoms with E-state index in [1.807, 2.05) is 0 Å². The van der Waals surface area contributed by atoms with Crippen molar-refractivity contribution in [3.63, 3.8) is 0 Å². The van der Waals surface area contributed by atoms with Crippen LogP contribution in [0.2, 0.25) is 5.02 Å². The zero-order chi connectivity index (χ0) is 18.0. The van der Waals surface area contributed by atoms with Gasteiger partial charge in [-0.3, -0.25) is 14.2 Å². The van der Waals surface area contributed by atoms with E-state index < -0.39 is 5.54 Å². The summed E-state index contributed by atoms with van der Waals surface area (Å²) in [6.07, 6.45) is 6.36. The summed E-state index contributed by atoms with van der Waals surface area (Å²) < 4.78 is 16.1. The van der Waals surface area contributed by atoms with Crippen molar-refractivity contribution in [2.75, 3.05) is 5.32 Å². The van der Waals surface area contributed by atoms with Gasteiger partial charge < -0.3 is 5.32 Å². The first kappa shape index (κ1) is 17.2. The fourth-order valence-electron chi connectivity index (χ4n) is 2.29. The van der Waals surface area contributed by atoms with Gasteiger partial charge in [0.05, 0.1) is 29.6 Å². The third-order valence-electron chi connectivity index (χ3n) is 3.83. The van der Waals surface area contributed by atoms with E-state index in [1.165, 1.54) is 23.0 Å². The first-order valence-electron chi connectivity index (χ1n) is 7.63. The molecule has 25 heavy (non-hydrogen) atoms. The van der Waals surface area contributed by atoms with E-state index in [9.17, 15) is 9.18 Å². The highest BCUT2D eigenvalue weighted by atomic mass is 35.5. The molecule has 0 aliphatic carbocycles. The van der Waals surface area contributed by atoms with Gasteiger partial charge in [-0.2, -0.15) is 10.2 Å². The molecule has 3 rings (SSSR count). The Balaban J connectivity index is 1.68. The summed E-state index contributed by atoms with van der Waals surface area (Å²) in [6.45, 7) is 3.97. The predicted octanol–water partition coefficient (Wildman–Crippen LogP) is 3.29. The van der Waals surface area contributed by atoms with E-state index in [4.69, 9.17) is 11.6 Å². The van der Waals surface area contributed by atoms with Crippen molar-refractivity contribution in [2.45, 2.75) is 25.9 Å². The highest BCUT2D eigenvalue weighted by Crippen LogP contribution is 2.20. The van der Waals surface area contributed by atoms with Crippen molar-refractivity contribution < 1.29 is 9.18 Å². The number of hydrogen-bond acceptors (Lipinski definition) is 3. The van der Waals surface area contributed by atoms with E-state index in [0.29, 0.717) is 17.3 Å². The zero-order valence-corrected chi connectivity index (χ0v) is 14.5. The lowest BCUT2D eigenvalue weighted by atomic mass is 10.1. The highest BCUT2D eigenvalue weighted by Gasteiger charge is 2.31. The number of amides is 1. The van der Waals surface area contributed by atoms with Gasteiger partial charge in [-0.1, -0.05) is 23.7 Å². The first-order chi connectivity index (χ1) is 11.8. The van der Waals surface area contributed by atoms with Crippen LogP contribution in [0.15, 0.2) is 49.1 Å². The summed E-state index contributed by atoms with van der Waals surface area (Å²) in [5, 5.41) is 11.6. The largest absolute Gasteiger partial charge is 0.321 e. The van der Waals surface area contributed by atoms with Gasteiger partial charge in [-0.05, 0) is 31.5 Å². The van der Waals surface area contributed by atoms with Crippen LogP contribution in [0.5, 0.6) is 0 Å². The second kappa shape index (κ2) is 6.68. The fraction of sp³-hybridized carbons (Fsp3) is 0.235. The summed E-state index contributed by atoms with van der Waals surface area (Å²) in [5.41, 5.74) is 0.568. The molecular weight excluding hydrogens is 345 g/mol. The van der Waals surface area contributed by atoms with E-state index in [1.54, 1.807) is 49.3 Å². The molecule has 130 valence electrons. The fourth-order valence-corrected chi connectivity index (χ4v) is 2.42. The molecular formula is C17H17ClFN5O. The van der Waals surface area contributed by atoms with Crippen LogP contribution < -0.4 is 5.32 Å². The predicted molar refractivity (Wildman–Crippen MR) is 92.9 cm³/mol. The van der Waals surface area contributed by atoms with Crippen LogP contribution in [-0.2, 0) is 16.9 Å². The Hall–Kier alpha value is -2.67. The number of carbonyl (C=O) groups is 1. The van der Waals surface area contributed by atoms with Crippen molar-refractivity contribution in [3.05, 3.63) is 65.5 Å². The summed E-state index contributed by atoms with van der Waals surface area (Å²) in [5.74, 6) is -0.522. The number of benzene rings is 1. The van der Waals surface area contributed by atoms with Crippen LogP contribution in [0.25, 0.3) is 0 Å². The lowest BCUT2D eigenvalue weighted by Gasteiger charge is -2.23. The second-order valence-electron chi connectivity index (χ2n) is 6.17. The maximum atomic E-state index is 12.9. The molecule has 8 heteroatoms. The molecule has 6 nitrogen and oxygen atoms in total. The smallest absolute Gasteiger partial charge is 0.251 e. The number of aromatic nitrogens is 4. The van der Waals surface area contributed by atoms with Crippen LogP contribution in [-0.4, -0.2) is 25.5 Å². The molecule has 0 radical (unpaired) electrons. The Morgan fingerprint density at radius 3 is 2.56 bits per heavy atom. The summed E-state index contributed by atoms with van der Waals surface area (Å²) >= 11 is 5.87. The summed E-state index contributed by atoms with van der Waals surface area (Å²) in [4.78, 5) is 12.6.